The molecule has 2 aromatic rings. The van der Waals surface area contributed by atoms with Crippen LogP contribution in [-0.4, -0.2) is 49.8 Å². The molecule has 0 saturated carbocycles. The van der Waals surface area contributed by atoms with Gasteiger partial charge in [-0.2, -0.15) is 0 Å². The number of benzene rings is 2. The highest BCUT2D eigenvalue weighted by Crippen LogP contribution is 2.28. The van der Waals surface area contributed by atoms with Crippen LogP contribution < -0.4 is 5.32 Å². The Morgan fingerprint density at radius 3 is 2.31 bits per heavy atom. The molecular formula is C21H26N2O3. The fraction of sp³-hybridized carbons (Fsp3) is 0.381. The summed E-state index contributed by atoms with van der Waals surface area (Å²) in [4.78, 5) is 15.2. The molecule has 1 saturated heterocycles. The first-order valence-corrected chi connectivity index (χ1v) is 9.14. The first kappa shape index (κ1) is 18.4. The van der Waals surface area contributed by atoms with Gasteiger partial charge < -0.3 is 14.8 Å². The van der Waals surface area contributed by atoms with E-state index in [-0.39, 0.29) is 12.0 Å². The third-order valence-electron chi connectivity index (χ3n) is 4.53. The average molecular weight is 354 g/mol. The maximum atomic E-state index is 12.9. The summed E-state index contributed by atoms with van der Waals surface area (Å²) in [6.45, 7) is 5.10. The highest BCUT2D eigenvalue weighted by atomic mass is 16.5. The van der Waals surface area contributed by atoms with Crippen LogP contribution in [-0.2, 0) is 14.3 Å². The lowest BCUT2D eigenvalue weighted by molar-refractivity contribution is -0.146. The second kappa shape index (κ2) is 9.36. The number of para-hydroxylation sites is 1. The van der Waals surface area contributed by atoms with Gasteiger partial charge >= 0.3 is 5.97 Å². The molecule has 0 unspecified atom stereocenters. The van der Waals surface area contributed by atoms with Gasteiger partial charge in [0.2, 0.25) is 0 Å². The molecule has 1 fully saturated rings. The van der Waals surface area contributed by atoms with Crippen molar-refractivity contribution < 1.29 is 14.3 Å². The Morgan fingerprint density at radius 1 is 1.08 bits per heavy atom. The van der Waals surface area contributed by atoms with Gasteiger partial charge in [0.05, 0.1) is 25.9 Å². The van der Waals surface area contributed by atoms with E-state index in [0.29, 0.717) is 19.8 Å². The molecular weight excluding hydrogens is 328 g/mol. The van der Waals surface area contributed by atoms with Crippen molar-refractivity contribution in [1.82, 2.24) is 4.90 Å². The highest BCUT2D eigenvalue weighted by molar-refractivity contribution is 5.80. The van der Waals surface area contributed by atoms with Crippen molar-refractivity contribution in [2.45, 2.75) is 19.0 Å². The first-order valence-electron chi connectivity index (χ1n) is 9.14. The van der Waals surface area contributed by atoms with Gasteiger partial charge in [-0.25, -0.2) is 4.79 Å². The van der Waals surface area contributed by atoms with Gasteiger partial charge in [-0.15, -0.1) is 0 Å². The quantitative estimate of drug-likeness (QED) is 0.775. The fourth-order valence-corrected chi connectivity index (χ4v) is 3.33. The Hall–Kier alpha value is -2.37. The van der Waals surface area contributed by atoms with Gasteiger partial charge in [-0.3, -0.25) is 4.90 Å². The van der Waals surface area contributed by atoms with Crippen LogP contribution in [0.1, 0.15) is 18.5 Å². The van der Waals surface area contributed by atoms with Crippen LogP contribution in [0.5, 0.6) is 0 Å². The molecule has 0 aliphatic carbocycles. The predicted octanol–water partition coefficient (Wildman–Crippen LogP) is 3.10. The fourth-order valence-electron chi connectivity index (χ4n) is 3.33. The zero-order chi connectivity index (χ0) is 18.2. The SMILES string of the molecule is CCOC(=O)[C@H](Nc1ccccc1)[C@@H](c1ccccc1)N1CCOCC1. The van der Waals surface area contributed by atoms with E-state index in [1.54, 1.807) is 0 Å². The maximum absolute atomic E-state index is 12.9. The van der Waals surface area contributed by atoms with E-state index in [9.17, 15) is 4.79 Å². The molecule has 0 bridgehead atoms. The molecule has 1 N–H and O–H groups in total. The number of carbonyl (C=O) groups excluding carboxylic acids is 1. The smallest absolute Gasteiger partial charge is 0.330 e. The minimum Gasteiger partial charge on any atom is -0.464 e. The lowest BCUT2D eigenvalue weighted by Crippen LogP contribution is -2.49. The largest absolute Gasteiger partial charge is 0.464 e. The van der Waals surface area contributed by atoms with E-state index in [2.05, 4.69) is 22.3 Å². The summed E-state index contributed by atoms with van der Waals surface area (Å²) in [5.74, 6) is -0.239. The van der Waals surface area contributed by atoms with E-state index in [0.717, 1.165) is 24.3 Å². The van der Waals surface area contributed by atoms with Crippen LogP contribution in [0, 0.1) is 0 Å². The van der Waals surface area contributed by atoms with Crippen LogP contribution in [0.15, 0.2) is 60.7 Å². The van der Waals surface area contributed by atoms with E-state index in [4.69, 9.17) is 9.47 Å². The van der Waals surface area contributed by atoms with Gasteiger partial charge in [-0.1, -0.05) is 48.5 Å². The molecule has 2 atom stereocenters. The molecule has 1 heterocycles. The van der Waals surface area contributed by atoms with E-state index >= 15 is 0 Å². The monoisotopic (exact) mass is 354 g/mol. The molecule has 0 amide bonds. The van der Waals surface area contributed by atoms with Crippen molar-refractivity contribution in [2.75, 3.05) is 38.2 Å². The summed E-state index contributed by atoms with van der Waals surface area (Å²) in [6, 6.07) is 19.3. The molecule has 2 aromatic carbocycles. The van der Waals surface area contributed by atoms with Crippen LogP contribution in [0.2, 0.25) is 0 Å². The molecule has 26 heavy (non-hydrogen) atoms. The molecule has 0 aromatic heterocycles. The summed E-state index contributed by atoms with van der Waals surface area (Å²) < 4.78 is 10.9. The topological polar surface area (TPSA) is 50.8 Å². The van der Waals surface area contributed by atoms with Crippen LogP contribution >= 0.6 is 0 Å². The number of anilines is 1. The number of morpholine rings is 1. The Bertz CT molecular complexity index is 672. The van der Waals surface area contributed by atoms with Crippen molar-refractivity contribution in [1.29, 1.82) is 0 Å². The minimum absolute atomic E-state index is 0.126. The Labute approximate surface area is 154 Å². The summed E-state index contributed by atoms with van der Waals surface area (Å²) >= 11 is 0. The second-order valence-electron chi connectivity index (χ2n) is 6.24. The Kier molecular flexibility index (Phi) is 6.63. The van der Waals surface area contributed by atoms with Gasteiger partial charge in [0.25, 0.3) is 0 Å². The number of esters is 1. The van der Waals surface area contributed by atoms with E-state index in [1.165, 1.54) is 0 Å². The average Bonchev–Trinajstić information content (AvgIpc) is 2.70. The zero-order valence-corrected chi connectivity index (χ0v) is 15.1. The van der Waals surface area contributed by atoms with Crippen molar-refractivity contribution in [3.05, 3.63) is 66.2 Å². The molecule has 5 nitrogen and oxygen atoms in total. The number of ether oxygens (including phenoxy) is 2. The summed E-state index contributed by atoms with van der Waals surface area (Å²) in [5, 5.41) is 3.40. The van der Waals surface area contributed by atoms with Crippen molar-refractivity contribution in [2.24, 2.45) is 0 Å². The normalized spacial score (nSPS) is 17.3. The minimum atomic E-state index is -0.502. The van der Waals surface area contributed by atoms with E-state index < -0.39 is 6.04 Å². The summed E-state index contributed by atoms with van der Waals surface area (Å²) in [6.07, 6.45) is 0. The van der Waals surface area contributed by atoms with Crippen LogP contribution in [0.25, 0.3) is 0 Å². The van der Waals surface area contributed by atoms with Gasteiger partial charge in [0, 0.05) is 18.8 Å². The number of rotatable bonds is 7. The lowest BCUT2D eigenvalue weighted by atomic mass is 9.96. The number of hydrogen-bond donors (Lipinski definition) is 1. The lowest BCUT2D eigenvalue weighted by Gasteiger charge is -2.38. The summed E-state index contributed by atoms with van der Waals surface area (Å²) in [7, 11) is 0. The molecule has 1 aliphatic rings. The number of nitrogens with zero attached hydrogens (tertiary/aromatic N) is 1. The third-order valence-corrected chi connectivity index (χ3v) is 4.53. The standard InChI is InChI=1S/C21H26N2O3/c1-2-26-21(24)19(22-18-11-7-4-8-12-18)20(17-9-5-3-6-10-17)23-13-15-25-16-14-23/h3-12,19-20,22H,2,13-16H2,1H3/t19-,20-/m1/s1. The Balaban J connectivity index is 1.95. The summed E-state index contributed by atoms with van der Waals surface area (Å²) in [5.41, 5.74) is 2.00. The Morgan fingerprint density at radius 2 is 1.69 bits per heavy atom. The van der Waals surface area contributed by atoms with Gasteiger partial charge in [-0.05, 0) is 24.6 Å². The number of nitrogens with one attached hydrogen (secondary N) is 1. The number of carbonyl (C=O) groups is 1. The second-order valence-corrected chi connectivity index (χ2v) is 6.24. The number of hydrogen-bond acceptors (Lipinski definition) is 5. The highest BCUT2D eigenvalue weighted by Gasteiger charge is 2.36. The zero-order valence-electron chi connectivity index (χ0n) is 15.1. The molecule has 138 valence electrons. The van der Waals surface area contributed by atoms with Gasteiger partial charge in [0.15, 0.2) is 0 Å². The first-order chi connectivity index (χ1) is 12.8. The van der Waals surface area contributed by atoms with Crippen LogP contribution in [0.4, 0.5) is 5.69 Å². The molecule has 0 spiro atoms. The van der Waals surface area contributed by atoms with Crippen LogP contribution in [0.3, 0.4) is 0 Å². The van der Waals surface area contributed by atoms with Crippen molar-refractivity contribution >= 4 is 11.7 Å². The maximum Gasteiger partial charge on any atom is 0.330 e. The predicted molar refractivity (Wildman–Crippen MR) is 102 cm³/mol. The van der Waals surface area contributed by atoms with Crippen molar-refractivity contribution in [3.8, 4) is 0 Å². The molecule has 1 aliphatic heterocycles. The van der Waals surface area contributed by atoms with E-state index in [1.807, 2.05) is 55.5 Å². The third kappa shape index (κ3) is 4.62. The molecule has 0 radical (unpaired) electrons. The molecule has 3 rings (SSSR count). The molecule has 5 heteroatoms. The van der Waals surface area contributed by atoms with Crippen molar-refractivity contribution in [3.63, 3.8) is 0 Å². The van der Waals surface area contributed by atoms with Gasteiger partial charge in [0.1, 0.15) is 6.04 Å².